The van der Waals surface area contributed by atoms with Crippen molar-refractivity contribution in [3.63, 3.8) is 0 Å². The zero-order valence-corrected chi connectivity index (χ0v) is 13.7. The molecule has 8 heteroatoms. The molecule has 2 rings (SSSR count). The number of benzene rings is 1. The van der Waals surface area contributed by atoms with Gasteiger partial charge < -0.3 is 4.90 Å². The number of rotatable bonds is 5. The second-order valence-electron chi connectivity index (χ2n) is 5.22. The molecule has 1 saturated heterocycles. The van der Waals surface area contributed by atoms with Gasteiger partial charge in [-0.05, 0) is 37.6 Å². The van der Waals surface area contributed by atoms with E-state index in [0.29, 0.717) is 12.1 Å². The third kappa shape index (κ3) is 4.10. The summed E-state index contributed by atoms with van der Waals surface area (Å²) in [6, 6.07) is 6.93. The van der Waals surface area contributed by atoms with Gasteiger partial charge in [-0.2, -0.15) is 0 Å². The maximum absolute atomic E-state index is 11.5. The Kier molecular flexibility index (Phi) is 4.48. The van der Waals surface area contributed by atoms with Gasteiger partial charge >= 0.3 is 0 Å². The van der Waals surface area contributed by atoms with Crippen LogP contribution in [0.15, 0.2) is 24.3 Å². The van der Waals surface area contributed by atoms with E-state index in [0.717, 1.165) is 5.69 Å². The predicted octanol–water partition coefficient (Wildman–Crippen LogP) is 1.07. The first kappa shape index (κ1) is 16.1. The Balaban J connectivity index is 2.09. The lowest BCUT2D eigenvalue weighted by Crippen LogP contribution is -2.32. The van der Waals surface area contributed by atoms with Crippen LogP contribution in [0.1, 0.15) is 13.3 Å². The number of sulfone groups is 1. The molecule has 1 aromatic carbocycles. The smallest absolute Gasteiger partial charge is 0.232 e. The normalized spacial score (nSPS) is 21.1. The average molecular weight is 332 g/mol. The van der Waals surface area contributed by atoms with Crippen LogP contribution in [0.4, 0.5) is 11.4 Å². The Morgan fingerprint density at radius 3 is 2.38 bits per heavy atom. The van der Waals surface area contributed by atoms with Gasteiger partial charge in [0.05, 0.1) is 17.3 Å². The molecule has 21 heavy (non-hydrogen) atoms. The third-order valence-corrected chi connectivity index (χ3v) is 6.74. The third-order valence-electron chi connectivity index (χ3n) is 3.68. The molecule has 1 aromatic rings. The van der Waals surface area contributed by atoms with Crippen LogP contribution >= 0.6 is 0 Å². The summed E-state index contributed by atoms with van der Waals surface area (Å²) in [4.78, 5) is 1.93. The van der Waals surface area contributed by atoms with Gasteiger partial charge in [0.1, 0.15) is 0 Å². The van der Waals surface area contributed by atoms with Crippen LogP contribution in [0.3, 0.4) is 0 Å². The lowest BCUT2D eigenvalue weighted by atomic mass is 10.2. The minimum absolute atomic E-state index is 0.0202. The molecule has 1 aliphatic heterocycles. The summed E-state index contributed by atoms with van der Waals surface area (Å²) in [7, 11) is -4.34. The number of hydrogen-bond acceptors (Lipinski definition) is 5. The van der Waals surface area contributed by atoms with Crippen LogP contribution in [0.5, 0.6) is 0 Å². The number of sulfonamides is 1. The molecule has 1 fully saturated rings. The molecule has 1 heterocycles. The fourth-order valence-corrected chi connectivity index (χ4v) is 4.72. The van der Waals surface area contributed by atoms with Crippen molar-refractivity contribution in [3.8, 4) is 0 Å². The summed E-state index contributed by atoms with van der Waals surface area (Å²) in [6.45, 7) is 1.57. The highest BCUT2D eigenvalue weighted by Crippen LogP contribution is 2.24. The summed E-state index contributed by atoms with van der Waals surface area (Å²) in [6.07, 6.45) is 0.628. The number of anilines is 2. The van der Waals surface area contributed by atoms with Crippen LogP contribution in [0.2, 0.25) is 0 Å². The molecule has 0 aliphatic carbocycles. The van der Waals surface area contributed by atoms with Gasteiger partial charge in [-0.3, -0.25) is 4.72 Å². The van der Waals surface area contributed by atoms with Crippen LogP contribution < -0.4 is 9.62 Å². The minimum Gasteiger partial charge on any atom is -0.371 e. The van der Waals surface area contributed by atoms with Gasteiger partial charge in [0.15, 0.2) is 9.84 Å². The average Bonchev–Trinajstić information content (AvgIpc) is 2.79. The van der Waals surface area contributed by atoms with Crippen LogP contribution in [0, 0.1) is 0 Å². The maximum atomic E-state index is 11.5. The molecule has 0 saturated carbocycles. The van der Waals surface area contributed by atoms with Gasteiger partial charge in [0, 0.05) is 24.5 Å². The summed E-state index contributed by atoms with van der Waals surface area (Å²) in [5, 5.41) is 0. The molecular weight excluding hydrogens is 312 g/mol. The van der Waals surface area contributed by atoms with Crippen LogP contribution in [0.25, 0.3) is 0 Å². The molecule has 0 bridgehead atoms. The van der Waals surface area contributed by atoms with E-state index in [1.54, 1.807) is 31.2 Å². The zero-order valence-electron chi connectivity index (χ0n) is 12.1. The quantitative estimate of drug-likeness (QED) is 0.872. The lowest BCUT2D eigenvalue weighted by molar-refractivity contribution is 0.599. The van der Waals surface area contributed by atoms with E-state index in [4.69, 9.17) is 0 Å². The number of nitrogens with zero attached hydrogens (tertiary/aromatic N) is 1. The monoisotopic (exact) mass is 332 g/mol. The largest absolute Gasteiger partial charge is 0.371 e. The maximum Gasteiger partial charge on any atom is 0.232 e. The van der Waals surface area contributed by atoms with Gasteiger partial charge in [0.25, 0.3) is 0 Å². The predicted molar refractivity (Wildman–Crippen MR) is 85.0 cm³/mol. The van der Waals surface area contributed by atoms with E-state index in [1.807, 2.05) is 11.9 Å². The molecule has 1 aliphatic rings. The van der Waals surface area contributed by atoms with E-state index in [2.05, 4.69) is 4.72 Å². The Bertz CT molecular complexity index is 696. The Hall–Kier alpha value is -1.28. The van der Waals surface area contributed by atoms with Crippen molar-refractivity contribution >= 4 is 31.2 Å². The molecule has 6 nitrogen and oxygen atoms in total. The summed E-state index contributed by atoms with van der Waals surface area (Å²) in [5.41, 5.74) is 1.38. The van der Waals surface area contributed by atoms with Gasteiger partial charge in [0.2, 0.25) is 10.0 Å². The number of hydrogen-bond donors (Lipinski definition) is 1. The summed E-state index contributed by atoms with van der Waals surface area (Å²) >= 11 is 0. The van der Waals surface area contributed by atoms with Gasteiger partial charge in [-0.1, -0.05) is 0 Å². The highest BCUT2D eigenvalue weighted by atomic mass is 32.2. The molecule has 0 aromatic heterocycles. The molecular formula is C13H20N2O4S2. The summed E-state index contributed by atoms with van der Waals surface area (Å²) < 4.78 is 48.5. The van der Waals surface area contributed by atoms with E-state index in [1.165, 1.54) is 0 Å². The molecule has 0 spiro atoms. The van der Waals surface area contributed by atoms with E-state index in [-0.39, 0.29) is 23.3 Å². The fraction of sp³-hybridized carbons (Fsp3) is 0.538. The Morgan fingerprint density at radius 2 is 1.90 bits per heavy atom. The van der Waals surface area contributed by atoms with Gasteiger partial charge in [-0.25, -0.2) is 16.8 Å². The number of nitrogens with one attached hydrogen (secondary N) is 1. The van der Waals surface area contributed by atoms with Crippen molar-refractivity contribution in [2.24, 2.45) is 0 Å². The van der Waals surface area contributed by atoms with Crippen molar-refractivity contribution in [2.75, 3.05) is 33.9 Å². The first-order valence-corrected chi connectivity index (χ1v) is 10.2. The highest BCUT2D eigenvalue weighted by molar-refractivity contribution is 7.92. The van der Waals surface area contributed by atoms with Gasteiger partial charge in [-0.15, -0.1) is 0 Å². The standard InChI is InChI=1S/C13H20N2O4S2/c1-3-21(18,19)14-11-4-6-12(7-5-11)15(2)13-8-9-20(16,17)10-13/h4-7,13-14H,3,8-10H2,1-2H3. The molecule has 118 valence electrons. The van der Waals surface area contributed by atoms with Crippen molar-refractivity contribution in [2.45, 2.75) is 19.4 Å². The van der Waals surface area contributed by atoms with Crippen molar-refractivity contribution in [1.82, 2.24) is 0 Å². The second kappa shape index (κ2) is 5.84. The Labute approximate surface area is 126 Å². The van der Waals surface area contributed by atoms with E-state index in [9.17, 15) is 16.8 Å². The Morgan fingerprint density at radius 1 is 1.29 bits per heavy atom. The topological polar surface area (TPSA) is 83.6 Å². The van der Waals surface area contributed by atoms with Crippen molar-refractivity contribution < 1.29 is 16.8 Å². The minimum atomic E-state index is -3.28. The van der Waals surface area contributed by atoms with Crippen LogP contribution in [-0.4, -0.2) is 47.2 Å². The van der Waals surface area contributed by atoms with E-state index >= 15 is 0 Å². The first-order valence-electron chi connectivity index (χ1n) is 6.76. The molecule has 1 unspecified atom stereocenters. The molecule has 0 amide bonds. The molecule has 1 atom stereocenters. The SMILES string of the molecule is CCS(=O)(=O)Nc1ccc(N(C)C2CCS(=O)(=O)C2)cc1. The van der Waals surface area contributed by atoms with Crippen molar-refractivity contribution in [1.29, 1.82) is 0 Å². The second-order valence-corrected chi connectivity index (χ2v) is 9.46. The molecule has 0 radical (unpaired) electrons. The summed E-state index contributed by atoms with van der Waals surface area (Å²) in [5.74, 6) is 0.429. The highest BCUT2D eigenvalue weighted by Gasteiger charge is 2.30. The van der Waals surface area contributed by atoms with Crippen molar-refractivity contribution in [3.05, 3.63) is 24.3 Å². The van der Waals surface area contributed by atoms with E-state index < -0.39 is 19.9 Å². The fourth-order valence-electron chi connectivity index (χ4n) is 2.31. The van der Waals surface area contributed by atoms with Crippen LogP contribution in [-0.2, 0) is 19.9 Å². The first-order chi connectivity index (χ1) is 9.72. The zero-order chi connectivity index (χ0) is 15.7. The lowest BCUT2D eigenvalue weighted by Gasteiger charge is -2.25. The molecule has 1 N–H and O–H groups in total.